The number of thioether (sulfide) groups is 1. The first-order valence-electron chi connectivity index (χ1n) is 8.50. The second-order valence-electron chi connectivity index (χ2n) is 6.48. The molecule has 0 saturated carbocycles. The number of hydrogen-bond acceptors (Lipinski definition) is 4. The molecule has 5 heteroatoms. The number of nitrogens with zero attached hydrogens (tertiary/aromatic N) is 1. The van der Waals surface area contributed by atoms with Gasteiger partial charge in [-0.25, -0.2) is 4.99 Å². The number of ether oxygens (including phenoxy) is 1. The van der Waals surface area contributed by atoms with E-state index in [1.165, 1.54) is 17.3 Å². The fraction of sp³-hybridized carbons (Fsp3) is 0.238. The molecule has 2 aromatic rings. The van der Waals surface area contributed by atoms with Crippen LogP contribution in [0.2, 0.25) is 0 Å². The molecule has 0 radical (unpaired) electrons. The molecule has 134 valence electrons. The smallest absolute Gasteiger partial charge is 0.264 e. The number of aryl methyl sites for hydroxylation is 1. The molecule has 0 unspecified atom stereocenters. The van der Waals surface area contributed by atoms with Crippen molar-refractivity contribution >= 4 is 34.6 Å². The lowest BCUT2D eigenvalue weighted by molar-refractivity contribution is -0.115. The molecule has 1 fully saturated rings. The van der Waals surface area contributed by atoms with Gasteiger partial charge in [-0.1, -0.05) is 44.2 Å². The minimum atomic E-state index is -0.131. The molecule has 1 amide bonds. The first kappa shape index (κ1) is 18.3. The Morgan fingerprint density at radius 3 is 2.54 bits per heavy atom. The van der Waals surface area contributed by atoms with Gasteiger partial charge in [-0.2, -0.15) is 0 Å². The van der Waals surface area contributed by atoms with E-state index in [2.05, 4.69) is 36.3 Å². The maximum absolute atomic E-state index is 12.3. The van der Waals surface area contributed by atoms with Gasteiger partial charge in [-0.15, -0.1) is 0 Å². The molecule has 26 heavy (non-hydrogen) atoms. The molecule has 2 aromatic carbocycles. The molecule has 0 aromatic heterocycles. The van der Waals surface area contributed by atoms with E-state index >= 15 is 0 Å². The number of aliphatic imine (C=N–C) groups is 1. The van der Waals surface area contributed by atoms with Crippen LogP contribution in [0, 0.1) is 6.92 Å². The lowest BCUT2D eigenvalue weighted by atomic mass is 10.0. The Morgan fingerprint density at radius 1 is 1.15 bits per heavy atom. The van der Waals surface area contributed by atoms with Gasteiger partial charge in [0.25, 0.3) is 5.91 Å². The number of hydrogen-bond donors (Lipinski definition) is 1. The summed E-state index contributed by atoms with van der Waals surface area (Å²) in [5.74, 6) is 1.04. The average Bonchev–Trinajstić information content (AvgIpc) is 2.95. The number of methoxy groups -OCH3 is 1. The second-order valence-corrected chi connectivity index (χ2v) is 7.51. The molecule has 4 nitrogen and oxygen atoms in total. The molecule has 0 aliphatic carbocycles. The van der Waals surface area contributed by atoms with Crippen molar-refractivity contribution in [1.29, 1.82) is 0 Å². The standard InChI is InChI=1S/C21H22N2O2S/c1-13(2)16-8-6-15(7-9-16)12-19-20(24)23-21(26-19)22-17-11-14(3)5-10-18(17)25-4/h5-13H,1-4H3,(H,22,23,24)/b19-12-. The number of carbonyl (C=O) groups is 1. The van der Waals surface area contributed by atoms with Crippen LogP contribution in [0.1, 0.15) is 36.5 Å². The van der Waals surface area contributed by atoms with Crippen molar-refractivity contribution in [3.63, 3.8) is 0 Å². The third-order valence-corrected chi connectivity index (χ3v) is 5.02. The van der Waals surface area contributed by atoms with Crippen molar-refractivity contribution in [2.45, 2.75) is 26.7 Å². The van der Waals surface area contributed by atoms with Gasteiger partial charge in [0.1, 0.15) is 11.4 Å². The normalized spacial score (nSPS) is 17.2. The zero-order chi connectivity index (χ0) is 18.7. The van der Waals surface area contributed by atoms with Crippen molar-refractivity contribution in [2.24, 2.45) is 4.99 Å². The lowest BCUT2D eigenvalue weighted by Crippen LogP contribution is -2.19. The first-order chi connectivity index (χ1) is 12.5. The van der Waals surface area contributed by atoms with Crippen LogP contribution in [0.15, 0.2) is 52.4 Å². The fourth-order valence-electron chi connectivity index (χ4n) is 2.61. The van der Waals surface area contributed by atoms with E-state index in [1.807, 2.05) is 43.3 Å². The highest BCUT2D eigenvalue weighted by atomic mass is 32.2. The van der Waals surface area contributed by atoms with Crippen LogP contribution in [0.3, 0.4) is 0 Å². The third-order valence-electron chi connectivity index (χ3n) is 4.11. The molecule has 0 bridgehead atoms. The van der Waals surface area contributed by atoms with Crippen molar-refractivity contribution in [3.8, 4) is 5.75 Å². The monoisotopic (exact) mass is 366 g/mol. The van der Waals surface area contributed by atoms with E-state index in [9.17, 15) is 4.79 Å². The SMILES string of the molecule is COc1ccc(C)cc1N=C1NC(=O)/C(=C/c2ccc(C(C)C)cc2)S1. The van der Waals surface area contributed by atoms with Gasteiger partial charge in [-0.05, 0) is 59.5 Å². The molecule has 0 atom stereocenters. The first-order valence-corrected chi connectivity index (χ1v) is 9.32. The van der Waals surface area contributed by atoms with E-state index in [4.69, 9.17) is 4.74 Å². The second kappa shape index (κ2) is 7.79. The van der Waals surface area contributed by atoms with Crippen LogP contribution in [0.5, 0.6) is 5.75 Å². The quantitative estimate of drug-likeness (QED) is 0.773. The maximum atomic E-state index is 12.3. The minimum Gasteiger partial charge on any atom is -0.494 e. The summed E-state index contributed by atoms with van der Waals surface area (Å²) in [6.45, 7) is 6.32. The van der Waals surface area contributed by atoms with Gasteiger partial charge in [0.2, 0.25) is 0 Å². The zero-order valence-electron chi connectivity index (χ0n) is 15.4. The van der Waals surface area contributed by atoms with Gasteiger partial charge in [-0.3, -0.25) is 4.79 Å². The van der Waals surface area contributed by atoms with E-state index in [0.29, 0.717) is 27.4 Å². The van der Waals surface area contributed by atoms with Crippen LogP contribution in [-0.4, -0.2) is 18.2 Å². The largest absolute Gasteiger partial charge is 0.494 e. The molecular weight excluding hydrogens is 344 g/mol. The van der Waals surface area contributed by atoms with Gasteiger partial charge in [0, 0.05) is 0 Å². The van der Waals surface area contributed by atoms with E-state index in [1.54, 1.807) is 7.11 Å². The number of nitrogens with one attached hydrogen (secondary N) is 1. The third kappa shape index (κ3) is 4.17. The maximum Gasteiger partial charge on any atom is 0.264 e. The van der Waals surface area contributed by atoms with Crippen LogP contribution in [0.25, 0.3) is 6.08 Å². The highest BCUT2D eigenvalue weighted by molar-refractivity contribution is 8.18. The molecule has 1 N–H and O–H groups in total. The Bertz CT molecular complexity index is 883. The highest BCUT2D eigenvalue weighted by Crippen LogP contribution is 2.33. The molecule has 1 aliphatic rings. The van der Waals surface area contributed by atoms with Crippen LogP contribution < -0.4 is 10.1 Å². The summed E-state index contributed by atoms with van der Waals surface area (Å²) in [7, 11) is 1.61. The van der Waals surface area contributed by atoms with Crippen LogP contribution >= 0.6 is 11.8 Å². The van der Waals surface area contributed by atoms with Gasteiger partial charge in [0.15, 0.2) is 5.17 Å². The summed E-state index contributed by atoms with van der Waals surface area (Å²) in [6.07, 6.45) is 1.89. The Morgan fingerprint density at radius 2 is 1.88 bits per heavy atom. The Hall–Kier alpha value is -2.53. The minimum absolute atomic E-state index is 0.131. The molecule has 1 saturated heterocycles. The summed E-state index contributed by atoms with van der Waals surface area (Å²) in [6, 6.07) is 14.1. The molecule has 0 spiro atoms. The van der Waals surface area contributed by atoms with Crippen LogP contribution in [0.4, 0.5) is 5.69 Å². The van der Waals surface area contributed by atoms with Crippen molar-refractivity contribution < 1.29 is 9.53 Å². The van der Waals surface area contributed by atoms with Gasteiger partial charge < -0.3 is 10.1 Å². The summed E-state index contributed by atoms with van der Waals surface area (Å²) >= 11 is 1.34. The fourth-order valence-corrected chi connectivity index (χ4v) is 3.44. The predicted molar refractivity (Wildman–Crippen MR) is 109 cm³/mol. The van der Waals surface area contributed by atoms with E-state index < -0.39 is 0 Å². The predicted octanol–water partition coefficient (Wildman–Crippen LogP) is 5.02. The zero-order valence-corrected chi connectivity index (χ0v) is 16.2. The highest BCUT2D eigenvalue weighted by Gasteiger charge is 2.24. The van der Waals surface area contributed by atoms with E-state index in [0.717, 1.165) is 11.1 Å². The van der Waals surface area contributed by atoms with Crippen molar-refractivity contribution in [3.05, 3.63) is 64.1 Å². The van der Waals surface area contributed by atoms with Crippen molar-refractivity contribution in [1.82, 2.24) is 5.32 Å². The molecule has 1 aliphatic heterocycles. The van der Waals surface area contributed by atoms with Gasteiger partial charge >= 0.3 is 0 Å². The Kier molecular flexibility index (Phi) is 5.47. The number of carbonyl (C=O) groups excluding carboxylic acids is 1. The van der Waals surface area contributed by atoms with E-state index in [-0.39, 0.29) is 5.91 Å². The number of benzene rings is 2. The lowest BCUT2D eigenvalue weighted by Gasteiger charge is -2.05. The summed E-state index contributed by atoms with van der Waals surface area (Å²) in [5, 5.41) is 3.38. The Labute approximate surface area is 158 Å². The summed E-state index contributed by atoms with van der Waals surface area (Å²) in [5.41, 5.74) is 4.07. The molecule has 1 heterocycles. The van der Waals surface area contributed by atoms with Crippen molar-refractivity contribution in [2.75, 3.05) is 7.11 Å². The molecule has 3 rings (SSSR count). The summed E-state index contributed by atoms with van der Waals surface area (Å²) < 4.78 is 5.35. The average molecular weight is 366 g/mol. The van der Waals surface area contributed by atoms with Crippen LogP contribution in [-0.2, 0) is 4.79 Å². The number of amides is 1. The number of amidine groups is 1. The topological polar surface area (TPSA) is 50.7 Å². The Balaban J connectivity index is 1.83. The van der Waals surface area contributed by atoms with Gasteiger partial charge in [0.05, 0.1) is 12.0 Å². The summed E-state index contributed by atoms with van der Waals surface area (Å²) in [4.78, 5) is 17.4. The number of rotatable bonds is 4. The molecular formula is C21H22N2O2S.